The van der Waals surface area contributed by atoms with Gasteiger partial charge in [-0.1, -0.05) is 6.42 Å². The Balaban J connectivity index is 2.34. The number of aliphatic hydroxyl groups is 1. The summed E-state index contributed by atoms with van der Waals surface area (Å²) in [6.07, 6.45) is 2.92. The predicted octanol–water partition coefficient (Wildman–Crippen LogP) is 2.19. The first-order chi connectivity index (χ1) is 8.46. The van der Waals surface area contributed by atoms with Crippen molar-refractivity contribution >= 4 is 21.4 Å². The van der Waals surface area contributed by atoms with E-state index >= 15 is 0 Å². The van der Waals surface area contributed by atoms with Gasteiger partial charge in [0.25, 0.3) is 10.0 Å². The SMILES string of the molecule is CC1CCCC(C)N1S(=O)(=O)c1ccc(CO)s1. The highest BCUT2D eigenvalue weighted by molar-refractivity contribution is 7.91. The van der Waals surface area contributed by atoms with Gasteiger partial charge in [0.15, 0.2) is 0 Å². The van der Waals surface area contributed by atoms with Crippen molar-refractivity contribution in [2.24, 2.45) is 0 Å². The van der Waals surface area contributed by atoms with Crippen LogP contribution in [0.1, 0.15) is 38.0 Å². The minimum absolute atomic E-state index is 0.0541. The zero-order chi connectivity index (χ0) is 13.3. The molecule has 0 aliphatic carbocycles. The molecule has 2 rings (SSSR count). The van der Waals surface area contributed by atoms with E-state index in [0.29, 0.717) is 9.09 Å². The zero-order valence-corrected chi connectivity index (χ0v) is 12.3. The molecule has 0 amide bonds. The summed E-state index contributed by atoms with van der Waals surface area (Å²) < 4.78 is 27.2. The second-order valence-electron chi connectivity index (χ2n) is 4.84. The van der Waals surface area contributed by atoms with E-state index in [1.54, 1.807) is 16.4 Å². The van der Waals surface area contributed by atoms with Crippen LogP contribution in [-0.4, -0.2) is 29.9 Å². The predicted molar refractivity (Wildman–Crippen MR) is 72.0 cm³/mol. The molecule has 0 aromatic carbocycles. The summed E-state index contributed by atoms with van der Waals surface area (Å²) in [7, 11) is -3.41. The standard InChI is InChI=1S/C12H19NO3S2/c1-9-4-3-5-10(2)13(9)18(15,16)12-7-6-11(8-14)17-12/h6-7,9-10,14H,3-5,8H2,1-2H3. The fraction of sp³-hybridized carbons (Fsp3) is 0.667. The Hall–Kier alpha value is -0.430. The number of piperidine rings is 1. The smallest absolute Gasteiger partial charge is 0.253 e. The molecule has 1 fully saturated rings. The number of thiophene rings is 1. The monoisotopic (exact) mass is 289 g/mol. The number of sulfonamides is 1. The molecular weight excluding hydrogens is 270 g/mol. The van der Waals surface area contributed by atoms with Gasteiger partial charge in [-0.3, -0.25) is 0 Å². The maximum atomic E-state index is 12.6. The van der Waals surface area contributed by atoms with Crippen molar-refractivity contribution in [3.8, 4) is 0 Å². The summed E-state index contributed by atoms with van der Waals surface area (Å²) >= 11 is 1.16. The van der Waals surface area contributed by atoms with Crippen molar-refractivity contribution in [2.75, 3.05) is 0 Å². The molecule has 2 atom stereocenters. The number of aliphatic hydroxyl groups excluding tert-OH is 1. The van der Waals surface area contributed by atoms with Gasteiger partial charge in [-0.05, 0) is 38.8 Å². The summed E-state index contributed by atoms with van der Waals surface area (Å²) in [5.41, 5.74) is 0. The van der Waals surface area contributed by atoms with Crippen LogP contribution in [0.4, 0.5) is 0 Å². The fourth-order valence-electron chi connectivity index (χ4n) is 2.56. The van der Waals surface area contributed by atoms with Gasteiger partial charge in [0, 0.05) is 17.0 Å². The zero-order valence-electron chi connectivity index (χ0n) is 10.7. The highest BCUT2D eigenvalue weighted by Gasteiger charge is 2.36. The molecule has 2 heterocycles. The minimum Gasteiger partial charge on any atom is -0.391 e. The van der Waals surface area contributed by atoms with Crippen molar-refractivity contribution < 1.29 is 13.5 Å². The van der Waals surface area contributed by atoms with Crippen LogP contribution in [0.5, 0.6) is 0 Å². The lowest BCUT2D eigenvalue weighted by atomic mass is 10.0. The van der Waals surface area contributed by atoms with Gasteiger partial charge in [-0.2, -0.15) is 4.31 Å². The van der Waals surface area contributed by atoms with Crippen molar-refractivity contribution in [2.45, 2.75) is 56.0 Å². The summed E-state index contributed by atoms with van der Waals surface area (Å²) in [5, 5.41) is 9.03. The van der Waals surface area contributed by atoms with E-state index in [2.05, 4.69) is 0 Å². The van der Waals surface area contributed by atoms with Gasteiger partial charge >= 0.3 is 0 Å². The molecule has 1 N–H and O–H groups in total. The van der Waals surface area contributed by atoms with Crippen LogP contribution in [0, 0.1) is 0 Å². The molecule has 0 saturated carbocycles. The van der Waals surface area contributed by atoms with Gasteiger partial charge in [-0.25, -0.2) is 8.42 Å². The molecule has 6 heteroatoms. The van der Waals surface area contributed by atoms with Crippen molar-refractivity contribution in [1.29, 1.82) is 0 Å². The summed E-state index contributed by atoms with van der Waals surface area (Å²) in [4.78, 5) is 0.686. The van der Waals surface area contributed by atoms with Gasteiger partial charge in [0.2, 0.25) is 0 Å². The molecule has 2 unspecified atom stereocenters. The average molecular weight is 289 g/mol. The third-order valence-electron chi connectivity index (χ3n) is 3.44. The lowest BCUT2D eigenvalue weighted by Crippen LogP contribution is -2.47. The van der Waals surface area contributed by atoms with Crippen LogP contribution in [0.15, 0.2) is 16.3 Å². The molecule has 1 aromatic rings. The second-order valence-corrected chi connectivity index (χ2v) is 8.08. The third kappa shape index (κ3) is 2.47. The lowest BCUT2D eigenvalue weighted by Gasteiger charge is -2.37. The van der Waals surface area contributed by atoms with E-state index in [-0.39, 0.29) is 18.7 Å². The topological polar surface area (TPSA) is 57.6 Å². The van der Waals surface area contributed by atoms with Crippen LogP contribution < -0.4 is 0 Å². The summed E-state index contributed by atoms with van der Waals surface area (Å²) in [6.45, 7) is 3.83. The second kappa shape index (κ2) is 5.28. The Labute approximate surface area is 112 Å². The van der Waals surface area contributed by atoms with Gasteiger partial charge in [0.1, 0.15) is 4.21 Å². The molecular formula is C12H19NO3S2. The van der Waals surface area contributed by atoms with E-state index in [1.807, 2.05) is 13.8 Å². The van der Waals surface area contributed by atoms with E-state index in [0.717, 1.165) is 30.6 Å². The Morgan fingerprint density at radius 1 is 1.33 bits per heavy atom. The van der Waals surface area contributed by atoms with E-state index < -0.39 is 10.0 Å². The Bertz CT molecular complexity index is 499. The minimum atomic E-state index is -3.41. The molecule has 0 radical (unpaired) electrons. The van der Waals surface area contributed by atoms with Crippen LogP contribution in [-0.2, 0) is 16.6 Å². The van der Waals surface area contributed by atoms with Crippen LogP contribution in [0.3, 0.4) is 0 Å². The fourth-order valence-corrected chi connectivity index (χ4v) is 5.76. The van der Waals surface area contributed by atoms with Crippen molar-refractivity contribution in [1.82, 2.24) is 4.31 Å². The Kier molecular flexibility index (Phi) is 4.11. The van der Waals surface area contributed by atoms with E-state index in [4.69, 9.17) is 5.11 Å². The molecule has 1 aliphatic heterocycles. The first kappa shape index (κ1) is 14.0. The molecule has 4 nitrogen and oxygen atoms in total. The maximum Gasteiger partial charge on any atom is 0.253 e. The first-order valence-corrected chi connectivity index (χ1v) is 8.45. The lowest BCUT2D eigenvalue weighted by molar-refractivity contribution is 0.204. The highest BCUT2D eigenvalue weighted by Crippen LogP contribution is 2.32. The third-order valence-corrected chi connectivity index (χ3v) is 7.10. The van der Waals surface area contributed by atoms with Gasteiger partial charge < -0.3 is 5.11 Å². The van der Waals surface area contributed by atoms with Crippen LogP contribution in [0.2, 0.25) is 0 Å². The molecule has 102 valence electrons. The normalized spacial score (nSPS) is 26.4. The van der Waals surface area contributed by atoms with E-state index in [9.17, 15) is 8.42 Å². The summed E-state index contributed by atoms with van der Waals surface area (Å²) in [5.74, 6) is 0. The molecule has 1 saturated heterocycles. The molecule has 1 aromatic heterocycles. The molecule has 1 aliphatic rings. The maximum absolute atomic E-state index is 12.6. The number of hydrogen-bond donors (Lipinski definition) is 1. The van der Waals surface area contributed by atoms with Crippen molar-refractivity contribution in [3.63, 3.8) is 0 Å². The van der Waals surface area contributed by atoms with Gasteiger partial charge in [0.05, 0.1) is 6.61 Å². The van der Waals surface area contributed by atoms with Crippen LogP contribution in [0.25, 0.3) is 0 Å². The quantitative estimate of drug-likeness (QED) is 0.928. The summed E-state index contributed by atoms with van der Waals surface area (Å²) in [6, 6.07) is 3.38. The number of nitrogens with zero attached hydrogens (tertiary/aromatic N) is 1. The molecule has 0 spiro atoms. The Morgan fingerprint density at radius 3 is 2.44 bits per heavy atom. The highest BCUT2D eigenvalue weighted by atomic mass is 32.2. The van der Waals surface area contributed by atoms with Gasteiger partial charge in [-0.15, -0.1) is 11.3 Å². The molecule has 18 heavy (non-hydrogen) atoms. The van der Waals surface area contributed by atoms with E-state index in [1.165, 1.54) is 0 Å². The first-order valence-electron chi connectivity index (χ1n) is 6.20. The van der Waals surface area contributed by atoms with Crippen molar-refractivity contribution in [3.05, 3.63) is 17.0 Å². The van der Waals surface area contributed by atoms with Crippen LogP contribution >= 0.6 is 11.3 Å². The number of rotatable bonds is 3. The number of hydrogen-bond acceptors (Lipinski definition) is 4. The average Bonchev–Trinajstić information content (AvgIpc) is 2.77. The molecule has 0 bridgehead atoms. The Morgan fingerprint density at radius 2 is 1.94 bits per heavy atom. The largest absolute Gasteiger partial charge is 0.391 e.